The number of amides is 1. The number of ether oxygens (including phenoxy) is 1. The first-order chi connectivity index (χ1) is 12.3. The maximum Gasteiger partial charge on any atom is 0.407 e. The molecule has 0 aliphatic carbocycles. The van der Waals surface area contributed by atoms with Crippen LogP contribution in [0.25, 0.3) is 0 Å². The normalized spacial score (nSPS) is 12.2. The third-order valence-corrected chi connectivity index (χ3v) is 3.53. The van der Waals surface area contributed by atoms with Crippen molar-refractivity contribution in [2.75, 3.05) is 13.1 Å². The molecule has 1 rings (SSSR count). The van der Waals surface area contributed by atoms with Gasteiger partial charge in [-0.05, 0) is 45.7 Å². The van der Waals surface area contributed by atoms with E-state index in [0.717, 1.165) is 32.4 Å². The second-order valence-corrected chi connectivity index (χ2v) is 7.80. The number of benzene rings is 1. The van der Waals surface area contributed by atoms with Crippen LogP contribution in [0.5, 0.6) is 0 Å². The highest BCUT2D eigenvalue weighted by atomic mass is 16.6. The fourth-order valence-electron chi connectivity index (χ4n) is 2.43. The molecule has 1 atom stereocenters. The first-order valence-corrected chi connectivity index (χ1v) is 9.49. The van der Waals surface area contributed by atoms with Crippen molar-refractivity contribution in [3.05, 3.63) is 35.9 Å². The maximum absolute atomic E-state index is 12.1. The van der Waals surface area contributed by atoms with Crippen LogP contribution in [0.4, 0.5) is 4.79 Å². The summed E-state index contributed by atoms with van der Waals surface area (Å²) in [6, 6.07) is 10.2. The molecular formula is C22H34N2O2. The van der Waals surface area contributed by atoms with Gasteiger partial charge in [-0.1, -0.05) is 44.2 Å². The van der Waals surface area contributed by atoms with E-state index in [0.29, 0.717) is 5.92 Å². The lowest BCUT2D eigenvalue weighted by atomic mass is 10.0. The van der Waals surface area contributed by atoms with Gasteiger partial charge < -0.3 is 15.4 Å². The molecule has 26 heavy (non-hydrogen) atoms. The minimum atomic E-state index is -0.491. The molecule has 0 heterocycles. The molecule has 1 amide bonds. The zero-order valence-electron chi connectivity index (χ0n) is 16.9. The van der Waals surface area contributed by atoms with Crippen LogP contribution >= 0.6 is 0 Å². The van der Waals surface area contributed by atoms with Gasteiger partial charge in [0, 0.05) is 24.9 Å². The molecule has 0 aliphatic rings. The quantitative estimate of drug-likeness (QED) is 0.542. The molecule has 1 unspecified atom stereocenters. The summed E-state index contributed by atoms with van der Waals surface area (Å²) in [5.74, 6) is 6.75. The fourth-order valence-corrected chi connectivity index (χ4v) is 2.43. The van der Waals surface area contributed by atoms with Gasteiger partial charge in [0.1, 0.15) is 5.60 Å². The van der Waals surface area contributed by atoms with Gasteiger partial charge in [0.25, 0.3) is 0 Å². The summed E-state index contributed by atoms with van der Waals surface area (Å²) in [4.78, 5) is 12.1. The van der Waals surface area contributed by atoms with E-state index in [-0.39, 0.29) is 12.1 Å². The summed E-state index contributed by atoms with van der Waals surface area (Å²) < 4.78 is 5.40. The van der Waals surface area contributed by atoms with Gasteiger partial charge in [0.2, 0.25) is 0 Å². The van der Waals surface area contributed by atoms with Crippen molar-refractivity contribution in [3.63, 3.8) is 0 Å². The largest absolute Gasteiger partial charge is 0.444 e. The zero-order chi connectivity index (χ0) is 19.4. The van der Waals surface area contributed by atoms with Crippen molar-refractivity contribution in [1.29, 1.82) is 0 Å². The maximum atomic E-state index is 12.1. The number of nitrogens with one attached hydrogen (secondary N) is 2. The van der Waals surface area contributed by atoms with E-state index < -0.39 is 5.60 Å². The Labute approximate surface area is 159 Å². The average Bonchev–Trinajstić information content (AvgIpc) is 2.52. The Balaban J connectivity index is 2.47. The van der Waals surface area contributed by atoms with Gasteiger partial charge in [-0.2, -0.15) is 0 Å². The molecule has 4 nitrogen and oxygen atoms in total. The monoisotopic (exact) mass is 358 g/mol. The molecule has 0 saturated carbocycles. The van der Waals surface area contributed by atoms with Crippen LogP contribution in [-0.2, 0) is 11.2 Å². The van der Waals surface area contributed by atoms with Crippen LogP contribution < -0.4 is 10.6 Å². The Bertz CT molecular complexity index is 580. The molecule has 0 saturated heterocycles. The highest BCUT2D eigenvalue weighted by Gasteiger charge is 2.19. The summed E-state index contributed by atoms with van der Waals surface area (Å²) in [6.45, 7) is 11.5. The smallest absolute Gasteiger partial charge is 0.407 e. The van der Waals surface area contributed by atoms with Gasteiger partial charge >= 0.3 is 6.09 Å². The highest BCUT2D eigenvalue weighted by Crippen LogP contribution is 2.09. The highest BCUT2D eigenvalue weighted by molar-refractivity contribution is 5.68. The predicted octanol–water partition coefficient (Wildman–Crippen LogP) is 4.15. The number of carbonyl (C=O) groups is 1. The Kier molecular flexibility index (Phi) is 9.83. The predicted molar refractivity (Wildman–Crippen MR) is 108 cm³/mol. The van der Waals surface area contributed by atoms with E-state index in [1.807, 2.05) is 39.0 Å². The van der Waals surface area contributed by atoms with Crippen molar-refractivity contribution in [2.45, 2.75) is 65.5 Å². The lowest BCUT2D eigenvalue weighted by Crippen LogP contribution is -2.41. The molecule has 0 fully saturated rings. The van der Waals surface area contributed by atoms with Gasteiger partial charge in [-0.3, -0.25) is 0 Å². The minimum Gasteiger partial charge on any atom is -0.444 e. The Morgan fingerprint density at radius 1 is 1.15 bits per heavy atom. The summed E-state index contributed by atoms with van der Waals surface area (Å²) in [7, 11) is 0. The third-order valence-electron chi connectivity index (χ3n) is 3.53. The standard InChI is InChI=1S/C22H34N2O2/c1-18(2)11-9-10-15-23-16-14-20(17-19-12-7-6-8-13-19)24-21(25)26-22(3,4)5/h6-8,12-13,18,20,23H,10,14-17H2,1-5H3,(H,24,25). The molecular weight excluding hydrogens is 324 g/mol. The second kappa shape index (κ2) is 11.6. The average molecular weight is 359 g/mol. The number of alkyl carbamates (subject to hydrolysis) is 1. The van der Waals surface area contributed by atoms with E-state index >= 15 is 0 Å². The van der Waals surface area contributed by atoms with Crippen LogP contribution in [0.2, 0.25) is 0 Å². The molecule has 0 spiro atoms. The second-order valence-electron chi connectivity index (χ2n) is 7.80. The van der Waals surface area contributed by atoms with Crippen molar-refractivity contribution in [2.24, 2.45) is 5.92 Å². The lowest BCUT2D eigenvalue weighted by Gasteiger charge is -2.24. The Hall–Kier alpha value is -1.99. The first-order valence-electron chi connectivity index (χ1n) is 9.49. The zero-order valence-corrected chi connectivity index (χ0v) is 16.9. The van der Waals surface area contributed by atoms with Crippen LogP contribution in [0.15, 0.2) is 30.3 Å². The third kappa shape index (κ3) is 11.5. The van der Waals surface area contributed by atoms with Crippen molar-refractivity contribution >= 4 is 6.09 Å². The fraction of sp³-hybridized carbons (Fsp3) is 0.591. The van der Waals surface area contributed by atoms with Crippen molar-refractivity contribution in [3.8, 4) is 11.8 Å². The molecule has 4 heteroatoms. The van der Waals surface area contributed by atoms with Gasteiger partial charge in [0.05, 0.1) is 0 Å². The van der Waals surface area contributed by atoms with Gasteiger partial charge in [0.15, 0.2) is 0 Å². The van der Waals surface area contributed by atoms with Crippen LogP contribution in [-0.4, -0.2) is 30.8 Å². The molecule has 0 aliphatic heterocycles. The SMILES string of the molecule is CC(C)C#CCCNCCC(Cc1ccccc1)NC(=O)OC(C)(C)C. The van der Waals surface area contributed by atoms with Crippen molar-refractivity contribution < 1.29 is 9.53 Å². The molecule has 0 radical (unpaired) electrons. The Morgan fingerprint density at radius 2 is 1.85 bits per heavy atom. The first kappa shape index (κ1) is 22.1. The molecule has 2 N–H and O–H groups in total. The molecule has 0 aromatic heterocycles. The van der Waals surface area contributed by atoms with E-state index in [2.05, 4.69) is 48.5 Å². The van der Waals surface area contributed by atoms with Crippen molar-refractivity contribution in [1.82, 2.24) is 10.6 Å². The number of rotatable bonds is 8. The molecule has 1 aromatic carbocycles. The summed E-state index contributed by atoms with van der Waals surface area (Å²) >= 11 is 0. The lowest BCUT2D eigenvalue weighted by molar-refractivity contribution is 0.0502. The summed E-state index contributed by atoms with van der Waals surface area (Å²) in [5, 5.41) is 6.41. The van der Waals surface area contributed by atoms with Crippen LogP contribution in [0.3, 0.4) is 0 Å². The topological polar surface area (TPSA) is 50.4 Å². The van der Waals surface area contributed by atoms with E-state index in [1.54, 1.807) is 0 Å². The number of carbonyl (C=O) groups excluding carboxylic acids is 1. The van der Waals surface area contributed by atoms with Gasteiger partial charge in [-0.15, -0.1) is 11.8 Å². The van der Waals surface area contributed by atoms with Crippen LogP contribution in [0.1, 0.15) is 53.0 Å². The summed E-state index contributed by atoms with van der Waals surface area (Å²) in [5.41, 5.74) is 0.714. The molecule has 1 aromatic rings. The van der Waals surface area contributed by atoms with E-state index in [9.17, 15) is 4.79 Å². The van der Waals surface area contributed by atoms with Crippen LogP contribution in [0, 0.1) is 17.8 Å². The minimum absolute atomic E-state index is 0.0292. The molecule has 0 bridgehead atoms. The Morgan fingerprint density at radius 3 is 2.46 bits per heavy atom. The summed E-state index contributed by atoms with van der Waals surface area (Å²) in [6.07, 6.45) is 2.11. The van der Waals surface area contributed by atoms with Gasteiger partial charge in [-0.25, -0.2) is 4.79 Å². The van der Waals surface area contributed by atoms with E-state index in [1.165, 1.54) is 5.56 Å². The number of hydrogen-bond acceptors (Lipinski definition) is 3. The molecule has 144 valence electrons. The number of hydrogen-bond donors (Lipinski definition) is 2. The van der Waals surface area contributed by atoms with E-state index in [4.69, 9.17) is 4.74 Å².